The summed E-state index contributed by atoms with van der Waals surface area (Å²) in [5.41, 5.74) is 14.6. The monoisotopic (exact) mass is 966 g/mol. The Bertz CT molecular complexity index is 5210. The van der Waals surface area contributed by atoms with Crippen LogP contribution in [0.5, 0.6) is 0 Å². The molecule has 0 saturated carbocycles. The molecular weight excluding hydrogens is 925 g/mol. The van der Waals surface area contributed by atoms with Gasteiger partial charge in [-0.1, -0.05) is 158 Å². The van der Waals surface area contributed by atoms with Crippen LogP contribution in [0.25, 0.3) is 154 Å². The van der Waals surface area contributed by atoms with Crippen LogP contribution in [-0.4, -0.2) is 28.2 Å². The average molecular weight is 967 g/mol. The Labute approximate surface area is 434 Å². The Morgan fingerprint density at radius 2 is 0.592 bits per heavy atom. The van der Waals surface area contributed by atoms with Gasteiger partial charge in [0.05, 0.1) is 49.7 Å². The highest BCUT2D eigenvalue weighted by Crippen LogP contribution is 2.41. The Balaban J connectivity index is 0.822. The molecule has 0 unspecified atom stereocenters. The van der Waals surface area contributed by atoms with E-state index in [0.29, 0.717) is 5.82 Å². The summed E-state index contributed by atoms with van der Waals surface area (Å²) in [6.45, 7) is 0. The van der Waals surface area contributed by atoms with Gasteiger partial charge in [0.15, 0.2) is 5.82 Å². The van der Waals surface area contributed by atoms with Crippen molar-refractivity contribution >= 4 is 120 Å². The van der Waals surface area contributed by atoms with Crippen molar-refractivity contribution in [1.82, 2.24) is 28.2 Å². The molecule has 76 heavy (non-hydrogen) atoms. The van der Waals surface area contributed by atoms with Gasteiger partial charge in [0.25, 0.3) is 0 Å². The fraction of sp³-hybridized carbons (Fsp3) is 0. The number of hydrogen-bond donors (Lipinski definition) is 0. The molecule has 0 spiro atoms. The molecule has 0 aliphatic rings. The van der Waals surface area contributed by atoms with Crippen molar-refractivity contribution in [3.63, 3.8) is 0 Å². The van der Waals surface area contributed by atoms with E-state index in [0.717, 1.165) is 77.3 Å². The van der Waals surface area contributed by atoms with Crippen LogP contribution in [0, 0.1) is 0 Å². The zero-order chi connectivity index (χ0) is 49.6. The first-order valence-electron chi connectivity index (χ1n) is 26.0. The van der Waals surface area contributed by atoms with Gasteiger partial charge in [-0.25, -0.2) is 9.97 Å². The normalized spacial score (nSPS) is 12.2. The summed E-state index contributed by atoms with van der Waals surface area (Å²) in [6, 6.07) is 92.7. The summed E-state index contributed by atoms with van der Waals surface area (Å²) in [6.07, 6.45) is 0. The lowest BCUT2D eigenvalue weighted by Crippen LogP contribution is -2.03. The van der Waals surface area contributed by atoms with Crippen LogP contribution in [0.1, 0.15) is 0 Å². The molecule has 17 rings (SSSR count). The van der Waals surface area contributed by atoms with Gasteiger partial charge in [0, 0.05) is 76.5 Å². The third-order valence-corrected chi connectivity index (χ3v) is 16.1. The van der Waals surface area contributed by atoms with Crippen molar-refractivity contribution in [2.75, 3.05) is 0 Å². The molecular formula is C70H42N6. The summed E-state index contributed by atoms with van der Waals surface area (Å²) in [5.74, 6) is 1.53. The van der Waals surface area contributed by atoms with Crippen molar-refractivity contribution in [2.45, 2.75) is 0 Å². The minimum absolute atomic E-state index is 0.680. The number of rotatable bonds is 5. The van der Waals surface area contributed by atoms with E-state index in [-0.39, 0.29) is 0 Å². The van der Waals surface area contributed by atoms with E-state index in [4.69, 9.17) is 9.97 Å². The Morgan fingerprint density at radius 3 is 1.12 bits per heavy atom. The quantitative estimate of drug-likeness (QED) is 0.161. The molecule has 0 atom stereocenters. The molecule has 0 fully saturated rings. The van der Waals surface area contributed by atoms with Gasteiger partial charge in [-0.05, 0) is 113 Å². The van der Waals surface area contributed by atoms with Gasteiger partial charge in [-0.2, -0.15) is 0 Å². The topological polar surface area (TPSA) is 45.5 Å². The largest absolute Gasteiger partial charge is 0.309 e. The maximum absolute atomic E-state index is 5.61. The smallest absolute Gasteiger partial charge is 0.162 e. The number of hydrogen-bond acceptors (Lipinski definition) is 2. The second-order valence-electron chi connectivity index (χ2n) is 20.1. The summed E-state index contributed by atoms with van der Waals surface area (Å²) >= 11 is 0. The number of fused-ring (bicyclic) bond motifs is 16. The summed E-state index contributed by atoms with van der Waals surface area (Å²) in [4.78, 5) is 11.1. The first kappa shape index (κ1) is 41.2. The van der Waals surface area contributed by atoms with Crippen LogP contribution in [0.15, 0.2) is 255 Å². The average Bonchev–Trinajstić information content (AvgIpc) is 4.34. The first-order chi connectivity index (χ1) is 37.7. The predicted molar refractivity (Wildman–Crippen MR) is 317 cm³/mol. The molecule has 0 radical (unpaired) electrons. The molecule has 0 bridgehead atoms. The SMILES string of the molecule is c1ccc2c(c1)ccc1c(-n3c4ccccc4c4cc(-n5c6ccccc6c6ccccc65)ccc43)nc(-c3ccc4cc(-n5c6ccccc6c6cc(-n7c8ccccc8c8ccccc87)ccc65)ccc4c3)nc12. The van der Waals surface area contributed by atoms with Crippen LogP contribution in [0.3, 0.4) is 0 Å². The molecule has 5 heterocycles. The molecule has 6 heteroatoms. The van der Waals surface area contributed by atoms with E-state index in [1.54, 1.807) is 0 Å². The molecule has 0 amide bonds. The molecule has 6 nitrogen and oxygen atoms in total. The lowest BCUT2D eigenvalue weighted by molar-refractivity contribution is 1.08. The maximum Gasteiger partial charge on any atom is 0.162 e. The van der Waals surface area contributed by atoms with Gasteiger partial charge >= 0.3 is 0 Å². The number of para-hydroxylation sites is 6. The van der Waals surface area contributed by atoms with Crippen molar-refractivity contribution in [1.29, 1.82) is 0 Å². The molecule has 0 aliphatic heterocycles. The lowest BCUT2D eigenvalue weighted by Gasteiger charge is -2.15. The molecule has 0 aliphatic carbocycles. The van der Waals surface area contributed by atoms with Crippen molar-refractivity contribution in [2.24, 2.45) is 0 Å². The van der Waals surface area contributed by atoms with Crippen molar-refractivity contribution in [3.05, 3.63) is 255 Å². The van der Waals surface area contributed by atoms with E-state index >= 15 is 0 Å². The number of benzene rings is 12. The van der Waals surface area contributed by atoms with Gasteiger partial charge in [-0.3, -0.25) is 4.57 Å². The molecule has 0 saturated heterocycles. The number of nitrogens with zero attached hydrogens (tertiary/aromatic N) is 6. The fourth-order valence-corrected chi connectivity index (χ4v) is 12.8. The van der Waals surface area contributed by atoms with Crippen LogP contribution in [0.2, 0.25) is 0 Å². The first-order valence-corrected chi connectivity index (χ1v) is 26.0. The highest BCUT2D eigenvalue weighted by Gasteiger charge is 2.22. The van der Waals surface area contributed by atoms with E-state index in [1.807, 2.05) is 0 Å². The fourth-order valence-electron chi connectivity index (χ4n) is 12.8. The van der Waals surface area contributed by atoms with Gasteiger partial charge in [-0.15, -0.1) is 0 Å². The van der Waals surface area contributed by atoms with Crippen LogP contribution in [0.4, 0.5) is 0 Å². The summed E-state index contributed by atoms with van der Waals surface area (Å²) < 4.78 is 9.57. The maximum atomic E-state index is 5.61. The highest BCUT2D eigenvalue weighted by molar-refractivity contribution is 6.16. The third kappa shape index (κ3) is 5.80. The minimum atomic E-state index is 0.680. The van der Waals surface area contributed by atoms with E-state index in [1.165, 1.54) is 70.8 Å². The van der Waals surface area contributed by atoms with E-state index in [9.17, 15) is 0 Å². The molecule has 0 N–H and O–H groups in total. The van der Waals surface area contributed by atoms with Gasteiger partial charge in [0.1, 0.15) is 5.82 Å². The molecule has 12 aromatic carbocycles. The predicted octanol–water partition coefficient (Wildman–Crippen LogP) is 18.0. The summed E-state index contributed by atoms with van der Waals surface area (Å²) in [5, 5.41) is 15.3. The molecule has 17 aromatic rings. The highest BCUT2D eigenvalue weighted by atomic mass is 15.1. The third-order valence-electron chi connectivity index (χ3n) is 16.1. The number of aromatic nitrogens is 6. The van der Waals surface area contributed by atoms with Gasteiger partial charge < -0.3 is 13.7 Å². The zero-order valence-corrected chi connectivity index (χ0v) is 40.9. The lowest BCUT2D eigenvalue weighted by atomic mass is 10.0. The molecule has 352 valence electrons. The van der Waals surface area contributed by atoms with Crippen LogP contribution >= 0.6 is 0 Å². The zero-order valence-electron chi connectivity index (χ0n) is 40.9. The second-order valence-corrected chi connectivity index (χ2v) is 20.1. The standard InChI is InChI=1S/C70H42N6/c1-2-16-50-43(15-1)32-36-57-68(50)71-69(72-70(57)76-65-28-14-8-22-56(65)59-42-49(35-38-67(59)76)75-62-25-11-5-19-53(62)54-20-6-12-26-63(54)75)46-30-29-45-40-47(33-31-44(45)39-46)73-64-27-13-7-21-55(64)58-41-48(34-37-66(58)73)74-60-23-9-3-17-51(60)52-18-4-10-24-61(52)74/h1-42H. The Morgan fingerprint density at radius 1 is 0.224 bits per heavy atom. The summed E-state index contributed by atoms with van der Waals surface area (Å²) in [7, 11) is 0. The van der Waals surface area contributed by atoms with Crippen LogP contribution in [-0.2, 0) is 0 Å². The molecule has 5 aromatic heterocycles. The Hall–Kier alpha value is -10.3. The van der Waals surface area contributed by atoms with Gasteiger partial charge in [0.2, 0.25) is 0 Å². The van der Waals surface area contributed by atoms with E-state index in [2.05, 4.69) is 273 Å². The van der Waals surface area contributed by atoms with Crippen molar-refractivity contribution in [3.8, 4) is 34.3 Å². The van der Waals surface area contributed by atoms with Crippen LogP contribution < -0.4 is 0 Å². The minimum Gasteiger partial charge on any atom is -0.309 e. The second kappa shape index (κ2) is 15.6. The van der Waals surface area contributed by atoms with E-state index < -0.39 is 0 Å². The van der Waals surface area contributed by atoms with Crippen molar-refractivity contribution < 1.29 is 0 Å². The Kier molecular flexibility index (Phi) is 8.46.